The Morgan fingerprint density at radius 2 is 1.89 bits per heavy atom. The van der Waals surface area contributed by atoms with E-state index in [9.17, 15) is 14.0 Å². The van der Waals surface area contributed by atoms with E-state index in [0.717, 1.165) is 23.6 Å². The molecule has 0 unspecified atom stereocenters. The number of aryl methyl sites for hydroxylation is 1. The number of nitrogens with zero attached hydrogens (tertiary/aromatic N) is 3. The fourth-order valence-electron chi connectivity index (χ4n) is 3.91. The van der Waals surface area contributed by atoms with Crippen molar-refractivity contribution in [3.05, 3.63) is 58.5 Å². The number of amides is 2. The second kappa shape index (κ2) is 11.0. The van der Waals surface area contributed by atoms with Gasteiger partial charge in [0.1, 0.15) is 18.0 Å². The maximum Gasteiger partial charge on any atom is 0.410 e. The molecule has 190 valence electrons. The smallest absolute Gasteiger partial charge is 0.410 e. The average molecular weight is 488 g/mol. The zero-order valence-electron chi connectivity index (χ0n) is 21.3. The van der Waals surface area contributed by atoms with Crippen LogP contribution in [-0.2, 0) is 16.2 Å². The van der Waals surface area contributed by atoms with Crippen LogP contribution in [0.2, 0.25) is 0 Å². The maximum absolute atomic E-state index is 14.7. The Morgan fingerprint density at radius 1 is 1.20 bits per heavy atom. The van der Waals surface area contributed by atoms with Crippen LogP contribution >= 0.6 is 0 Å². The number of likely N-dealkylation sites (tertiary alicyclic amines) is 1. The van der Waals surface area contributed by atoms with Gasteiger partial charge in [-0.15, -0.1) is 0 Å². The lowest BCUT2D eigenvalue weighted by Crippen LogP contribution is -2.41. The number of hydrogen-bond donors (Lipinski definition) is 0. The van der Waals surface area contributed by atoms with Gasteiger partial charge in [-0.25, -0.2) is 19.2 Å². The van der Waals surface area contributed by atoms with Crippen molar-refractivity contribution in [2.75, 3.05) is 27.2 Å². The van der Waals surface area contributed by atoms with Crippen LogP contribution in [0.4, 0.5) is 9.18 Å². The van der Waals surface area contributed by atoms with Crippen molar-refractivity contribution in [1.29, 1.82) is 0 Å². The van der Waals surface area contributed by atoms with Gasteiger partial charge in [0, 0.05) is 48.9 Å². The van der Waals surface area contributed by atoms with Crippen LogP contribution in [0.5, 0.6) is 5.88 Å². The third-order valence-electron chi connectivity index (χ3n) is 5.87. The standard InChI is InChI=1S/C26H34FN3O5/c1-17-14-19(21(27)15-20(17)24(31)29(5)33-6)16-34-23-9-7-8-22(28-23)18-10-12-30(13-11-18)25(32)35-26(2,3)4/h7-9,14-15,18H,10-13,16H2,1-6H3. The molecule has 0 aliphatic carbocycles. The van der Waals surface area contributed by atoms with E-state index in [4.69, 9.17) is 14.3 Å². The molecule has 1 aliphatic rings. The van der Waals surface area contributed by atoms with Crippen molar-refractivity contribution in [3.8, 4) is 5.88 Å². The number of piperidine rings is 1. The van der Waals surface area contributed by atoms with Crippen molar-refractivity contribution in [2.24, 2.45) is 0 Å². The maximum atomic E-state index is 14.7. The van der Waals surface area contributed by atoms with E-state index in [0.29, 0.717) is 30.1 Å². The first-order valence-electron chi connectivity index (χ1n) is 11.7. The first kappa shape index (κ1) is 26.4. The molecule has 9 heteroatoms. The monoisotopic (exact) mass is 487 g/mol. The molecule has 0 saturated carbocycles. The highest BCUT2D eigenvalue weighted by Gasteiger charge is 2.28. The first-order chi connectivity index (χ1) is 16.5. The Hall–Kier alpha value is -3.20. The van der Waals surface area contributed by atoms with E-state index < -0.39 is 17.3 Å². The van der Waals surface area contributed by atoms with Crippen molar-refractivity contribution in [1.82, 2.24) is 14.9 Å². The number of ether oxygens (including phenoxy) is 2. The summed E-state index contributed by atoms with van der Waals surface area (Å²) in [6, 6.07) is 8.34. The predicted octanol–water partition coefficient (Wildman–Crippen LogP) is 4.86. The Morgan fingerprint density at radius 3 is 2.51 bits per heavy atom. The fourth-order valence-corrected chi connectivity index (χ4v) is 3.91. The van der Waals surface area contributed by atoms with Crippen molar-refractivity contribution < 1.29 is 28.3 Å². The molecule has 1 saturated heterocycles. The molecule has 0 radical (unpaired) electrons. The zero-order chi connectivity index (χ0) is 25.8. The second-order valence-electron chi connectivity index (χ2n) is 9.67. The number of benzene rings is 1. The molecule has 2 aromatic rings. The number of halogens is 1. The minimum Gasteiger partial charge on any atom is -0.473 e. The number of pyridine rings is 1. The van der Waals surface area contributed by atoms with Gasteiger partial charge >= 0.3 is 6.09 Å². The average Bonchev–Trinajstić information content (AvgIpc) is 2.82. The highest BCUT2D eigenvalue weighted by molar-refractivity contribution is 5.94. The van der Waals surface area contributed by atoms with E-state index >= 15 is 0 Å². The third kappa shape index (κ3) is 6.91. The molecule has 0 bridgehead atoms. The largest absolute Gasteiger partial charge is 0.473 e. The van der Waals surface area contributed by atoms with Crippen molar-refractivity contribution in [2.45, 2.75) is 58.7 Å². The molecule has 1 aliphatic heterocycles. The molecule has 0 N–H and O–H groups in total. The highest BCUT2D eigenvalue weighted by Crippen LogP contribution is 2.29. The van der Waals surface area contributed by atoms with Crippen molar-refractivity contribution >= 4 is 12.0 Å². The van der Waals surface area contributed by atoms with E-state index in [2.05, 4.69) is 4.98 Å². The van der Waals surface area contributed by atoms with Gasteiger partial charge in [-0.05, 0) is 64.3 Å². The van der Waals surface area contributed by atoms with E-state index in [1.807, 2.05) is 32.9 Å². The molecule has 35 heavy (non-hydrogen) atoms. The normalized spacial score (nSPS) is 14.5. The van der Waals surface area contributed by atoms with E-state index in [1.54, 1.807) is 24.0 Å². The lowest BCUT2D eigenvalue weighted by Gasteiger charge is -2.33. The second-order valence-corrected chi connectivity index (χ2v) is 9.67. The molecule has 1 aromatic heterocycles. The minimum atomic E-state index is -0.533. The molecule has 1 fully saturated rings. The van der Waals surface area contributed by atoms with E-state index in [1.165, 1.54) is 20.2 Å². The minimum absolute atomic E-state index is 0.0190. The molecule has 0 spiro atoms. The summed E-state index contributed by atoms with van der Waals surface area (Å²) < 4.78 is 25.9. The van der Waals surface area contributed by atoms with Crippen LogP contribution in [0.15, 0.2) is 30.3 Å². The molecular weight excluding hydrogens is 453 g/mol. The SMILES string of the molecule is CON(C)C(=O)c1cc(F)c(COc2cccc(C3CCN(C(=O)OC(C)(C)C)CC3)n2)cc1C. The number of carbonyl (C=O) groups excluding carboxylic acids is 2. The van der Waals surface area contributed by atoms with Gasteiger partial charge in [-0.1, -0.05) is 6.07 Å². The zero-order valence-corrected chi connectivity index (χ0v) is 21.3. The fraction of sp³-hybridized carbons (Fsp3) is 0.500. The Bertz CT molecular complexity index is 1060. The van der Waals surface area contributed by atoms with Crippen LogP contribution in [0.1, 0.15) is 66.7 Å². The molecule has 0 atom stereocenters. The highest BCUT2D eigenvalue weighted by atomic mass is 19.1. The third-order valence-corrected chi connectivity index (χ3v) is 5.87. The summed E-state index contributed by atoms with van der Waals surface area (Å²) in [6.07, 6.45) is 1.25. The number of aromatic nitrogens is 1. The van der Waals surface area contributed by atoms with Crippen LogP contribution in [0, 0.1) is 12.7 Å². The van der Waals surface area contributed by atoms with Crippen molar-refractivity contribution in [3.63, 3.8) is 0 Å². The van der Waals surface area contributed by atoms with Crippen LogP contribution < -0.4 is 4.74 Å². The van der Waals surface area contributed by atoms with Gasteiger partial charge in [-0.3, -0.25) is 9.63 Å². The first-order valence-corrected chi connectivity index (χ1v) is 11.7. The summed E-state index contributed by atoms with van der Waals surface area (Å²) in [5, 5.41) is 1.05. The summed E-state index contributed by atoms with van der Waals surface area (Å²) in [7, 11) is 2.84. The Kier molecular flexibility index (Phi) is 8.32. The van der Waals surface area contributed by atoms with Crippen LogP contribution in [-0.4, -0.2) is 59.8 Å². The summed E-state index contributed by atoms with van der Waals surface area (Å²) in [5.41, 5.74) is 1.55. The number of rotatable bonds is 6. The van der Waals surface area contributed by atoms with Gasteiger partial charge in [0.05, 0.1) is 7.11 Å². The van der Waals surface area contributed by atoms with Gasteiger partial charge in [0.2, 0.25) is 5.88 Å². The molecule has 8 nitrogen and oxygen atoms in total. The van der Waals surface area contributed by atoms with Gasteiger partial charge in [-0.2, -0.15) is 0 Å². The van der Waals surface area contributed by atoms with Gasteiger partial charge in [0.25, 0.3) is 5.91 Å². The lowest BCUT2D eigenvalue weighted by molar-refractivity contribution is -0.0757. The number of hydroxylamine groups is 2. The lowest BCUT2D eigenvalue weighted by atomic mass is 9.93. The molecule has 2 amide bonds. The molecule has 1 aromatic carbocycles. The van der Waals surface area contributed by atoms with Crippen LogP contribution in [0.25, 0.3) is 0 Å². The van der Waals surface area contributed by atoms with Gasteiger partial charge < -0.3 is 14.4 Å². The topological polar surface area (TPSA) is 81.2 Å². The quantitative estimate of drug-likeness (QED) is 0.542. The predicted molar refractivity (Wildman–Crippen MR) is 129 cm³/mol. The summed E-state index contributed by atoms with van der Waals surface area (Å²) in [4.78, 5) is 35.9. The summed E-state index contributed by atoms with van der Waals surface area (Å²) in [5.74, 6) is -0.370. The Balaban J connectivity index is 1.61. The molecular formula is C26H34FN3O5. The number of carbonyl (C=O) groups is 2. The summed E-state index contributed by atoms with van der Waals surface area (Å²) >= 11 is 0. The van der Waals surface area contributed by atoms with Crippen LogP contribution in [0.3, 0.4) is 0 Å². The Labute approximate surface area is 205 Å². The summed E-state index contributed by atoms with van der Waals surface area (Å²) in [6.45, 7) is 8.48. The number of hydrogen-bond acceptors (Lipinski definition) is 6. The van der Waals surface area contributed by atoms with E-state index in [-0.39, 0.29) is 24.2 Å². The molecule has 3 rings (SSSR count). The van der Waals surface area contributed by atoms with Gasteiger partial charge in [0.15, 0.2) is 0 Å². The molecule has 2 heterocycles.